The first-order chi connectivity index (χ1) is 9.45. The molecule has 1 aliphatic carbocycles. The zero-order valence-electron chi connectivity index (χ0n) is 11.8. The number of hydrogen-bond donors (Lipinski definition) is 0. The van der Waals surface area contributed by atoms with Crippen molar-refractivity contribution in [2.75, 3.05) is 0 Å². The number of fused-ring (bicyclic) bond motifs is 1. The minimum atomic E-state index is 0. The largest absolute Gasteiger partial charge is 2.00 e. The predicted molar refractivity (Wildman–Crippen MR) is 92.7 cm³/mol. The van der Waals surface area contributed by atoms with Crippen molar-refractivity contribution in [2.45, 2.75) is 6.42 Å². The summed E-state index contributed by atoms with van der Waals surface area (Å²) in [6.07, 6.45) is 15.6. The number of aromatic nitrogens is 2. The van der Waals surface area contributed by atoms with Crippen molar-refractivity contribution in [2.24, 2.45) is 0 Å². The van der Waals surface area contributed by atoms with Gasteiger partial charge in [0, 0.05) is 12.5 Å². The Morgan fingerprint density at radius 1 is 1.14 bits per heavy atom. The molecule has 2 nitrogen and oxygen atoms in total. The van der Waals surface area contributed by atoms with Crippen LogP contribution < -0.4 is 0 Å². The van der Waals surface area contributed by atoms with E-state index < -0.39 is 0 Å². The molecule has 0 aliphatic heterocycles. The maximum Gasteiger partial charge on any atom is 2.00 e. The van der Waals surface area contributed by atoms with Crippen LogP contribution in [-0.4, -0.2) is 9.55 Å². The van der Waals surface area contributed by atoms with Crippen molar-refractivity contribution in [1.82, 2.24) is 9.55 Å². The fourth-order valence-corrected chi connectivity index (χ4v) is 2.10. The van der Waals surface area contributed by atoms with Gasteiger partial charge in [0.05, 0.1) is 0 Å². The van der Waals surface area contributed by atoms with E-state index in [2.05, 4.69) is 53.5 Å². The van der Waals surface area contributed by atoms with Gasteiger partial charge in [0.15, 0.2) is 0 Å². The van der Waals surface area contributed by atoms with E-state index in [1.54, 1.807) is 6.20 Å². The third-order valence-electron chi connectivity index (χ3n) is 3.03. The zero-order chi connectivity index (χ0) is 12.9. The molecule has 1 aliphatic rings. The molecule has 1 aromatic heterocycles. The van der Waals surface area contributed by atoms with Crippen molar-refractivity contribution >= 4 is 35.6 Å². The number of halogens is 2. The number of imidazole rings is 1. The first kappa shape index (κ1) is 21.0. The van der Waals surface area contributed by atoms with Crippen molar-refractivity contribution in [3.05, 3.63) is 79.4 Å². The van der Waals surface area contributed by atoms with Crippen LogP contribution in [0.3, 0.4) is 0 Å². The van der Waals surface area contributed by atoms with E-state index in [0.717, 1.165) is 6.42 Å². The molecule has 0 amide bonds. The third-order valence-corrected chi connectivity index (χ3v) is 3.03. The average molecular weight is 410 g/mol. The van der Waals surface area contributed by atoms with Gasteiger partial charge in [0.1, 0.15) is 0 Å². The molecule has 0 saturated carbocycles. The van der Waals surface area contributed by atoms with Crippen LogP contribution in [-0.2, 0) is 26.2 Å². The molecule has 4 rings (SSSR count). The summed E-state index contributed by atoms with van der Waals surface area (Å²) < 4.78 is 2.03. The van der Waals surface area contributed by atoms with Gasteiger partial charge in [0.2, 0.25) is 0 Å². The summed E-state index contributed by atoms with van der Waals surface area (Å²) in [6.45, 7) is 0. The summed E-state index contributed by atoms with van der Waals surface area (Å²) in [5, 5.41) is 2.54. The first-order valence-electron chi connectivity index (χ1n) is 6.29. The van der Waals surface area contributed by atoms with Crippen molar-refractivity contribution in [3.8, 4) is 5.69 Å². The van der Waals surface area contributed by atoms with Crippen LogP contribution in [0.2, 0.25) is 0 Å². The Hall–Kier alpha value is -1.02. The Labute approximate surface area is 162 Å². The summed E-state index contributed by atoms with van der Waals surface area (Å²) in [7, 11) is 0. The summed E-state index contributed by atoms with van der Waals surface area (Å²) in [5.41, 5.74) is 1.19. The second-order valence-electron chi connectivity index (χ2n) is 4.28. The molecule has 0 saturated heterocycles. The molecule has 0 bridgehead atoms. The molecule has 0 radical (unpaired) electrons. The van der Waals surface area contributed by atoms with Gasteiger partial charge in [-0.15, -0.1) is 43.4 Å². The standard InChI is InChI=1S/C12H9N2.C5H5.2ClH.Zr/c1-2-4-11-10(3-1)5-6-12(11)14-8-7-13-9-14;1-2-4-5-3-1;;;/h1-9H;1-3H,4H2;2*1H;/q2*-1;;;+2. The van der Waals surface area contributed by atoms with Gasteiger partial charge >= 0.3 is 26.2 Å². The second-order valence-corrected chi connectivity index (χ2v) is 4.28. The Balaban J connectivity index is 0.000000482. The minimum absolute atomic E-state index is 0. The fraction of sp³-hybridized carbons (Fsp3) is 0.0588. The number of nitrogens with zero attached hydrogens (tertiary/aromatic N) is 2. The quantitative estimate of drug-likeness (QED) is 0.522. The number of allylic oxidation sites excluding steroid dienone is 4. The molecule has 5 heteroatoms. The van der Waals surface area contributed by atoms with Crippen LogP contribution >= 0.6 is 24.8 Å². The Bertz CT molecular complexity index is 705. The van der Waals surface area contributed by atoms with E-state index in [1.165, 1.54) is 16.5 Å². The van der Waals surface area contributed by atoms with Crippen LogP contribution in [0.25, 0.3) is 16.5 Å². The predicted octanol–water partition coefficient (Wildman–Crippen LogP) is 4.89. The molecule has 0 spiro atoms. The van der Waals surface area contributed by atoms with Crippen molar-refractivity contribution in [1.29, 1.82) is 0 Å². The second kappa shape index (κ2) is 10.7. The number of benzene rings is 1. The molecule has 112 valence electrons. The molecule has 0 fully saturated rings. The smallest absolute Gasteiger partial charge is 0.386 e. The van der Waals surface area contributed by atoms with Gasteiger partial charge in [-0.25, -0.2) is 12.2 Å². The van der Waals surface area contributed by atoms with Gasteiger partial charge in [0.25, 0.3) is 0 Å². The van der Waals surface area contributed by atoms with E-state index in [-0.39, 0.29) is 51.0 Å². The van der Waals surface area contributed by atoms with Gasteiger partial charge in [-0.3, -0.25) is 11.1 Å². The Morgan fingerprint density at radius 2 is 1.95 bits per heavy atom. The molecule has 0 unspecified atom stereocenters. The van der Waals surface area contributed by atoms with Crippen LogP contribution in [0.5, 0.6) is 0 Å². The molecule has 0 atom stereocenters. The van der Waals surface area contributed by atoms with Gasteiger partial charge in [-0.1, -0.05) is 35.0 Å². The molecule has 3 aromatic rings. The molecule has 2 aromatic carbocycles. The van der Waals surface area contributed by atoms with Gasteiger partial charge in [-0.05, 0) is 11.9 Å². The molecule has 0 N–H and O–H groups in total. The maximum absolute atomic E-state index is 4.05. The topological polar surface area (TPSA) is 17.8 Å². The average Bonchev–Trinajstić information content (AvgIpc) is 3.21. The van der Waals surface area contributed by atoms with Crippen molar-refractivity contribution < 1.29 is 26.2 Å². The van der Waals surface area contributed by atoms with E-state index in [9.17, 15) is 0 Å². The van der Waals surface area contributed by atoms with Crippen LogP contribution in [0.4, 0.5) is 0 Å². The Kier molecular flexibility index (Phi) is 10.2. The summed E-state index contributed by atoms with van der Waals surface area (Å²) >= 11 is 0. The van der Waals surface area contributed by atoms with Crippen LogP contribution in [0, 0.1) is 6.08 Å². The van der Waals surface area contributed by atoms with E-state index >= 15 is 0 Å². The monoisotopic (exact) mass is 408 g/mol. The molecular formula is C17H16Cl2N2Zr. The summed E-state index contributed by atoms with van der Waals surface area (Å²) in [4.78, 5) is 4.05. The first-order valence-corrected chi connectivity index (χ1v) is 6.29. The fourth-order valence-electron chi connectivity index (χ4n) is 2.10. The van der Waals surface area contributed by atoms with Gasteiger partial charge < -0.3 is 4.57 Å². The summed E-state index contributed by atoms with van der Waals surface area (Å²) in [5.74, 6) is 0. The van der Waals surface area contributed by atoms with Crippen molar-refractivity contribution in [3.63, 3.8) is 0 Å². The zero-order valence-corrected chi connectivity index (χ0v) is 15.9. The Morgan fingerprint density at radius 3 is 2.55 bits per heavy atom. The molecular weight excluding hydrogens is 394 g/mol. The maximum atomic E-state index is 4.05. The SMILES string of the molecule is Cl.Cl.[C-]1=CC=CC1.[Zr+2].c1ccc2c(c1)cc[c-]2-n1ccnc1. The summed E-state index contributed by atoms with van der Waals surface area (Å²) in [6, 6.07) is 12.6. The third kappa shape index (κ3) is 5.02. The normalized spacial score (nSPS) is 10.9. The van der Waals surface area contributed by atoms with E-state index in [4.69, 9.17) is 0 Å². The van der Waals surface area contributed by atoms with E-state index in [0.29, 0.717) is 0 Å². The molecule has 22 heavy (non-hydrogen) atoms. The number of hydrogen-bond acceptors (Lipinski definition) is 1. The van der Waals surface area contributed by atoms with Gasteiger partial charge in [-0.2, -0.15) is 6.08 Å². The molecule has 1 heterocycles. The number of rotatable bonds is 1. The van der Waals surface area contributed by atoms with Crippen LogP contribution in [0.15, 0.2) is 73.3 Å². The van der Waals surface area contributed by atoms with Crippen LogP contribution in [0.1, 0.15) is 6.42 Å². The van der Waals surface area contributed by atoms with E-state index in [1.807, 2.05) is 29.2 Å². The minimum Gasteiger partial charge on any atom is -0.386 e.